The van der Waals surface area contributed by atoms with Crippen LogP contribution in [0.3, 0.4) is 0 Å². The van der Waals surface area contributed by atoms with Gasteiger partial charge in [0.1, 0.15) is 6.61 Å². The van der Waals surface area contributed by atoms with Gasteiger partial charge in [0.25, 0.3) is 0 Å². The van der Waals surface area contributed by atoms with Gasteiger partial charge < -0.3 is 5.11 Å². The smallest absolute Gasteiger partial charge is 0.188 e. The summed E-state index contributed by atoms with van der Waals surface area (Å²) in [7, 11) is 0. The van der Waals surface area contributed by atoms with Crippen molar-refractivity contribution in [2.45, 2.75) is 6.92 Å². The highest BCUT2D eigenvalue weighted by Gasteiger charge is 1.99. The van der Waals surface area contributed by atoms with Crippen molar-refractivity contribution in [2.75, 3.05) is 12.5 Å². The number of carbonyl (C=O) groups is 1. The van der Waals surface area contributed by atoms with Gasteiger partial charge in [-0.05, 0) is 0 Å². The van der Waals surface area contributed by atoms with Crippen molar-refractivity contribution < 1.29 is 9.90 Å². The van der Waals surface area contributed by atoms with Gasteiger partial charge in [0, 0.05) is 11.4 Å². The molecule has 0 atom stereocenters. The number of aliphatic hydroxyl groups is 1. The van der Waals surface area contributed by atoms with Gasteiger partial charge in [0.05, 0.1) is 0 Å². The maximum Gasteiger partial charge on any atom is 0.188 e. The summed E-state index contributed by atoms with van der Waals surface area (Å²) in [4.78, 5) is 10.8. The van der Waals surface area contributed by atoms with Crippen LogP contribution in [0, 0.1) is 0 Å². The van der Waals surface area contributed by atoms with Crippen molar-refractivity contribution in [2.24, 2.45) is 0 Å². The van der Waals surface area contributed by atoms with E-state index in [2.05, 4.69) is 0 Å². The summed E-state index contributed by atoms with van der Waals surface area (Å²) < 4.78 is 0. The van der Waals surface area contributed by atoms with Gasteiger partial charge in [-0.15, -0.1) is 11.6 Å². The zero-order valence-corrected chi connectivity index (χ0v) is 8.29. The molecule has 0 saturated heterocycles. The van der Waals surface area contributed by atoms with Gasteiger partial charge in [-0.25, -0.2) is 0 Å². The van der Waals surface area contributed by atoms with Crippen molar-refractivity contribution in [1.82, 2.24) is 0 Å². The van der Waals surface area contributed by atoms with Crippen LogP contribution >= 0.6 is 11.6 Å². The number of rotatable bonds is 2. The van der Waals surface area contributed by atoms with Crippen LogP contribution in [0.15, 0.2) is 30.3 Å². The maximum absolute atomic E-state index is 10.8. The highest BCUT2D eigenvalue weighted by atomic mass is 35.5. The number of hydrogen-bond acceptors (Lipinski definition) is 2. The molecule has 1 aromatic carbocycles. The van der Waals surface area contributed by atoms with E-state index in [9.17, 15) is 4.79 Å². The van der Waals surface area contributed by atoms with Gasteiger partial charge >= 0.3 is 0 Å². The van der Waals surface area contributed by atoms with E-state index in [1.807, 2.05) is 13.0 Å². The highest BCUT2D eigenvalue weighted by Crippen LogP contribution is 1.97. The summed E-state index contributed by atoms with van der Waals surface area (Å²) in [6.07, 6.45) is 0. The normalized spacial score (nSPS) is 8.54. The molecular formula is C10H13ClO2. The Kier molecular flexibility index (Phi) is 7.26. The molecule has 1 rings (SSSR count). The first-order chi connectivity index (χ1) is 6.26. The van der Waals surface area contributed by atoms with E-state index in [0.29, 0.717) is 5.56 Å². The van der Waals surface area contributed by atoms with E-state index in [-0.39, 0.29) is 5.78 Å². The molecule has 2 nitrogen and oxygen atoms in total. The van der Waals surface area contributed by atoms with Gasteiger partial charge in [0.2, 0.25) is 0 Å². The van der Waals surface area contributed by atoms with Gasteiger partial charge in [-0.3, -0.25) is 4.79 Å². The summed E-state index contributed by atoms with van der Waals surface area (Å²) in [6, 6.07) is 8.72. The lowest BCUT2D eigenvalue weighted by Crippen LogP contribution is -2.02. The quantitative estimate of drug-likeness (QED) is 0.587. The zero-order chi connectivity index (χ0) is 10.1. The number of aliphatic hydroxyl groups excluding tert-OH is 1. The first-order valence-electron chi connectivity index (χ1n) is 4.01. The van der Waals surface area contributed by atoms with Crippen LogP contribution in [0.1, 0.15) is 17.3 Å². The molecular weight excluding hydrogens is 188 g/mol. The second kappa shape index (κ2) is 7.77. The third-order valence-electron chi connectivity index (χ3n) is 1.24. The number of hydrogen-bond donors (Lipinski definition) is 1. The zero-order valence-electron chi connectivity index (χ0n) is 7.53. The lowest BCUT2D eigenvalue weighted by Gasteiger charge is -1.93. The minimum Gasteiger partial charge on any atom is -0.388 e. The molecule has 3 heteroatoms. The number of alkyl halides is 1. The van der Waals surface area contributed by atoms with Gasteiger partial charge in [-0.1, -0.05) is 37.3 Å². The second-order valence-corrected chi connectivity index (χ2v) is 2.75. The maximum atomic E-state index is 10.8. The number of carbonyl (C=O) groups excluding carboxylic acids is 1. The van der Waals surface area contributed by atoms with Crippen LogP contribution in [0.2, 0.25) is 0 Å². The van der Waals surface area contributed by atoms with E-state index in [1.165, 1.54) is 0 Å². The fourth-order valence-electron chi connectivity index (χ4n) is 0.715. The molecule has 0 radical (unpaired) electrons. The van der Waals surface area contributed by atoms with E-state index in [4.69, 9.17) is 16.7 Å². The molecule has 0 amide bonds. The highest BCUT2D eigenvalue weighted by molar-refractivity contribution is 6.17. The minimum absolute atomic E-state index is 0.236. The lowest BCUT2D eigenvalue weighted by molar-refractivity contribution is 0.0904. The number of Topliss-reactive ketones (excluding diaryl/α,β-unsaturated/α-hetero) is 1. The van der Waals surface area contributed by atoms with Crippen molar-refractivity contribution in [1.29, 1.82) is 0 Å². The molecule has 0 aliphatic carbocycles. The predicted octanol–water partition coefficient (Wildman–Crippen LogP) is 2.11. The number of ketones is 1. The molecule has 0 aromatic heterocycles. The fraction of sp³-hybridized carbons (Fsp3) is 0.300. The lowest BCUT2D eigenvalue weighted by atomic mass is 10.1. The van der Waals surface area contributed by atoms with Crippen LogP contribution < -0.4 is 0 Å². The summed E-state index contributed by atoms with van der Waals surface area (Å²) in [5.41, 5.74) is 0.560. The molecule has 0 aliphatic rings. The molecule has 0 aliphatic heterocycles. The first kappa shape index (κ1) is 12.1. The summed E-state index contributed by atoms with van der Waals surface area (Å²) in [5.74, 6) is 0.487. The molecule has 13 heavy (non-hydrogen) atoms. The third kappa shape index (κ3) is 5.39. The molecule has 72 valence electrons. The van der Waals surface area contributed by atoms with Crippen molar-refractivity contribution >= 4 is 17.4 Å². The average Bonchev–Trinajstić information content (AvgIpc) is 2.19. The average molecular weight is 201 g/mol. The number of halogens is 1. The summed E-state index contributed by atoms with van der Waals surface area (Å²) in [5, 5.41) is 8.44. The predicted molar refractivity (Wildman–Crippen MR) is 54.3 cm³/mol. The van der Waals surface area contributed by atoms with Gasteiger partial charge in [-0.2, -0.15) is 0 Å². The monoisotopic (exact) mass is 200 g/mol. The molecule has 1 aromatic rings. The van der Waals surface area contributed by atoms with Crippen LogP contribution in [0.5, 0.6) is 0 Å². The Hall–Kier alpha value is -0.860. The second-order valence-electron chi connectivity index (χ2n) is 2.21. The van der Waals surface area contributed by atoms with Crippen LogP contribution in [0.4, 0.5) is 0 Å². The molecule has 1 N–H and O–H groups in total. The van der Waals surface area contributed by atoms with Gasteiger partial charge in [0.15, 0.2) is 5.78 Å². The standard InChI is InChI=1S/C8H8O2.C2H5Cl/c9-6-8(10)7-4-2-1-3-5-7;1-2-3/h1-5,9H,6H2;2H2,1H3. The SMILES string of the molecule is CCCl.O=C(CO)c1ccccc1. The van der Waals surface area contributed by atoms with E-state index in [1.54, 1.807) is 24.3 Å². The Morgan fingerprint density at radius 3 is 2.23 bits per heavy atom. The summed E-state index contributed by atoms with van der Waals surface area (Å²) >= 11 is 5.00. The molecule has 0 bridgehead atoms. The first-order valence-corrected chi connectivity index (χ1v) is 4.54. The largest absolute Gasteiger partial charge is 0.388 e. The Balaban J connectivity index is 0.000000424. The van der Waals surface area contributed by atoms with Crippen molar-refractivity contribution in [3.63, 3.8) is 0 Å². The molecule has 0 spiro atoms. The van der Waals surface area contributed by atoms with Crippen molar-refractivity contribution in [3.05, 3.63) is 35.9 Å². The molecule has 0 fully saturated rings. The molecule has 0 saturated carbocycles. The molecule has 0 unspecified atom stereocenters. The fourth-order valence-corrected chi connectivity index (χ4v) is 0.715. The van der Waals surface area contributed by atoms with Crippen molar-refractivity contribution in [3.8, 4) is 0 Å². The Labute approximate surface area is 83.2 Å². The van der Waals surface area contributed by atoms with Crippen LogP contribution in [-0.4, -0.2) is 23.4 Å². The van der Waals surface area contributed by atoms with E-state index >= 15 is 0 Å². The van der Waals surface area contributed by atoms with E-state index < -0.39 is 6.61 Å². The topological polar surface area (TPSA) is 37.3 Å². The Morgan fingerprint density at radius 2 is 1.85 bits per heavy atom. The molecule has 0 heterocycles. The Bertz CT molecular complexity index is 234. The Morgan fingerprint density at radius 1 is 1.38 bits per heavy atom. The van der Waals surface area contributed by atoms with Crippen LogP contribution in [-0.2, 0) is 0 Å². The third-order valence-corrected chi connectivity index (χ3v) is 1.24. The van der Waals surface area contributed by atoms with Crippen LogP contribution in [0.25, 0.3) is 0 Å². The summed E-state index contributed by atoms with van der Waals surface area (Å²) in [6.45, 7) is 1.48. The minimum atomic E-state index is -0.413. The number of benzene rings is 1. The van der Waals surface area contributed by atoms with E-state index in [0.717, 1.165) is 5.88 Å².